The normalized spacial score (nSPS) is 10.2. The van der Waals surface area contributed by atoms with Crippen molar-refractivity contribution in [3.8, 4) is 11.5 Å². The summed E-state index contributed by atoms with van der Waals surface area (Å²) in [5.74, 6) is 0.0163. The molecule has 2 rings (SSSR count). The number of amides is 1. The van der Waals surface area contributed by atoms with Gasteiger partial charge in [-0.2, -0.15) is 0 Å². The number of anilines is 1. The fourth-order valence-electron chi connectivity index (χ4n) is 2.33. The molecule has 0 saturated heterocycles. The highest BCUT2D eigenvalue weighted by Gasteiger charge is 2.15. The van der Waals surface area contributed by atoms with Crippen molar-refractivity contribution >= 4 is 29.3 Å². The van der Waals surface area contributed by atoms with Crippen LogP contribution in [0, 0.1) is 0 Å². The minimum atomic E-state index is -0.604. The first-order chi connectivity index (χ1) is 13.1. The molecule has 27 heavy (non-hydrogen) atoms. The number of carbonyl (C=O) groups is 2. The maximum atomic E-state index is 12.2. The standard InChI is InChI=1S/C20H23NO5S/c1-4-24-16-11-10-14(12-17(16)25-5-2)20(23)26-13-19(22)21-15-8-6-7-9-18(15)27-3/h6-12H,4-5,13H2,1-3H3,(H,21,22). The lowest BCUT2D eigenvalue weighted by Gasteiger charge is -2.12. The Balaban J connectivity index is 1.98. The van der Waals surface area contributed by atoms with Gasteiger partial charge >= 0.3 is 5.97 Å². The second-order valence-electron chi connectivity index (χ2n) is 5.35. The predicted octanol–water partition coefficient (Wildman–Crippen LogP) is 4.00. The van der Waals surface area contributed by atoms with E-state index in [0.717, 1.165) is 4.90 Å². The Morgan fingerprint density at radius 3 is 2.41 bits per heavy atom. The number of nitrogens with one attached hydrogen (secondary N) is 1. The molecule has 1 N–H and O–H groups in total. The Hall–Kier alpha value is -2.67. The Labute approximate surface area is 163 Å². The van der Waals surface area contributed by atoms with Gasteiger partial charge in [0.1, 0.15) is 0 Å². The van der Waals surface area contributed by atoms with Crippen molar-refractivity contribution in [2.24, 2.45) is 0 Å². The number of para-hydroxylation sites is 1. The molecule has 2 aromatic rings. The molecule has 0 aromatic heterocycles. The highest BCUT2D eigenvalue weighted by Crippen LogP contribution is 2.29. The lowest BCUT2D eigenvalue weighted by molar-refractivity contribution is -0.119. The molecule has 0 radical (unpaired) electrons. The summed E-state index contributed by atoms with van der Waals surface area (Å²) in [5, 5.41) is 2.74. The molecule has 0 unspecified atom stereocenters. The van der Waals surface area contributed by atoms with Crippen LogP contribution in [0.3, 0.4) is 0 Å². The third kappa shape index (κ3) is 5.92. The van der Waals surface area contributed by atoms with Crippen LogP contribution in [0.4, 0.5) is 5.69 Å². The molecule has 0 bridgehead atoms. The van der Waals surface area contributed by atoms with E-state index in [1.807, 2.05) is 38.3 Å². The zero-order chi connectivity index (χ0) is 19.6. The summed E-state index contributed by atoms with van der Waals surface area (Å²) < 4.78 is 16.1. The second-order valence-corrected chi connectivity index (χ2v) is 6.20. The Morgan fingerprint density at radius 1 is 1.00 bits per heavy atom. The molecule has 0 aliphatic carbocycles. The van der Waals surface area contributed by atoms with E-state index in [4.69, 9.17) is 14.2 Å². The molecule has 0 heterocycles. The summed E-state index contributed by atoms with van der Waals surface area (Å²) in [4.78, 5) is 25.3. The van der Waals surface area contributed by atoms with Gasteiger partial charge in [0.05, 0.1) is 24.5 Å². The summed E-state index contributed by atoms with van der Waals surface area (Å²) in [5.41, 5.74) is 0.977. The number of hydrogen-bond donors (Lipinski definition) is 1. The zero-order valence-electron chi connectivity index (χ0n) is 15.6. The van der Waals surface area contributed by atoms with Gasteiger partial charge in [-0.05, 0) is 50.4 Å². The SMILES string of the molecule is CCOc1ccc(C(=O)OCC(=O)Nc2ccccc2SC)cc1OCC. The van der Waals surface area contributed by atoms with E-state index in [9.17, 15) is 9.59 Å². The quantitative estimate of drug-likeness (QED) is 0.516. The number of rotatable bonds is 9. The fraction of sp³-hybridized carbons (Fsp3) is 0.300. The number of ether oxygens (including phenoxy) is 3. The molecule has 0 atom stereocenters. The molecule has 144 valence electrons. The van der Waals surface area contributed by atoms with Crippen LogP contribution in [0.5, 0.6) is 11.5 Å². The average Bonchev–Trinajstić information content (AvgIpc) is 2.68. The van der Waals surface area contributed by atoms with Crippen LogP contribution in [0.25, 0.3) is 0 Å². The maximum absolute atomic E-state index is 12.2. The molecule has 2 aromatic carbocycles. The molecule has 0 fully saturated rings. The second kappa shape index (κ2) is 10.5. The van der Waals surface area contributed by atoms with E-state index in [-0.39, 0.29) is 6.61 Å². The van der Waals surface area contributed by atoms with Gasteiger partial charge < -0.3 is 19.5 Å². The van der Waals surface area contributed by atoms with Crippen LogP contribution < -0.4 is 14.8 Å². The van der Waals surface area contributed by atoms with Crippen LogP contribution in [0.15, 0.2) is 47.4 Å². The molecule has 1 amide bonds. The molecule has 7 heteroatoms. The Morgan fingerprint density at radius 2 is 1.70 bits per heavy atom. The van der Waals surface area contributed by atoms with Crippen molar-refractivity contribution in [1.82, 2.24) is 0 Å². The van der Waals surface area contributed by atoms with Crippen molar-refractivity contribution in [2.75, 3.05) is 31.4 Å². The highest BCUT2D eigenvalue weighted by molar-refractivity contribution is 7.98. The summed E-state index contributed by atoms with van der Waals surface area (Å²) in [6.07, 6.45) is 1.92. The minimum Gasteiger partial charge on any atom is -0.490 e. The van der Waals surface area contributed by atoms with E-state index in [2.05, 4.69) is 5.32 Å². The Kier molecular flexibility index (Phi) is 8.00. The fourth-order valence-corrected chi connectivity index (χ4v) is 2.88. The van der Waals surface area contributed by atoms with E-state index in [1.54, 1.807) is 24.3 Å². The topological polar surface area (TPSA) is 73.9 Å². The van der Waals surface area contributed by atoms with Gasteiger partial charge in [0.15, 0.2) is 18.1 Å². The number of carbonyl (C=O) groups excluding carboxylic acids is 2. The first kappa shape index (κ1) is 20.6. The average molecular weight is 389 g/mol. The maximum Gasteiger partial charge on any atom is 0.338 e. The van der Waals surface area contributed by atoms with Crippen LogP contribution in [-0.2, 0) is 9.53 Å². The molecule has 0 saturated carbocycles. The van der Waals surface area contributed by atoms with Crippen LogP contribution >= 0.6 is 11.8 Å². The third-order valence-electron chi connectivity index (χ3n) is 3.49. The van der Waals surface area contributed by atoms with Crippen LogP contribution in [0.2, 0.25) is 0 Å². The van der Waals surface area contributed by atoms with Crippen LogP contribution in [0.1, 0.15) is 24.2 Å². The Bertz CT molecular complexity index is 794. The predicted molar refractivity (Wildman–Crippen MR) is 106 cm³/mol. The molecule has 0 spiro atoms. The van der Waals surface area contributed by atoms with Crippen molar-refractivity contribution in [3.63, 3.8) is 0 Å². The molecular formula is C20H23NO5S. The van der Waals surface area contributed by atoms with E-state index < -0.39 is 11.9 Å². The first-order valence-corrected chi connectivity index (χ1v) is 9.81. The van der Waals surface area contributed by atoms with Gasteiger partial charge in [-0.3, -0.25) is 4.79 Å². The summed E-state index contributed by atoms with van der Waals surface area (Å²) in [7, 11) is 0. The van der Waals surface area contributed by atoms with Gasteiger partial charge in [0.25, 0.3) is 5.91 Å². The highest BCUT2D eigenvalue weighted by atomic mass is 32.2. The third-order valence-corrected chi connectivity index (χ3v) is 4.29. The summed E-state index contributed by atoms with van der Waals surface area (Å²) in [6, 6.07) is 12.2. The first-order valence-electron chi connectivity index (χ1n) is 8.58. The molecule has 6 nitrogen and oxygen atoms in total. The minimum absolute atomic E-state index is 0.291. The van der Waals surface area contributed by atoms with Crippen molar-refractivity contribution in [2.45, 2.75) is 18.7 Å². The number of hydrogen-bond acceptors (Lipinski definition) is 6. The zero-order valence-corrected chi connectivity index (χ0v) is 16.4. The van der Waals surface area contributed by atoms with Gasteiger partial charge in [-0.1, -0.05) is 12.1 Å². The largest absolute Gasteiger partial charge is 0.490 e. The van der Waals surface area contributed by atoms with Gasteiger partial charge in [0.2, 0.25) is 0 Å². The smallest absolute Gasteiger partial charge is 0.338 e. The number of esters is 1. The summed E-state index contributed by atoms with van der Waals surface area (Å²) >= 11 is 1.52. The molecule has 0 aliphatic heterocycles. The van der Waals surface area contributed by atoms with Crippen molar-refractivity contribution in [3.05, 3.63) is 48.0 Å². The lowest BCUT2D eigenvalue weighted by atomic mass is 10.2. The summed E-state index contributed by atoms with van der Waals surface area (Å²) in [6.45, 7) is 4.26. The van der Waals surface area contributed by atoms with Crippen molar-refractivity contribution in [1.29, 1.82) is 0 Å². The van der Waals surface area contributed by atoms with E-state index in [0.29, 0.717) is 36.0 Å². The van der Waals surface area contributed by atoms with Gasteiger partial charge in [0, 0.05) is 4.90 Å². The van der Waals surface area contributed by atoms with Crippen LogP contribution in [-0.4, -0.2) is 38.0 Å². The molecular weight excluding hydrogens is 366 g/mol. The van der Waals surface area contributed by atoms with E-state index in [1.165, 1.54) is 11.8 Å². The van der Waals surface area contributed by atoms with E-state index >= 15 is 0 Å². The van der Waals surface area contributed by atoms with Gasteiger partial charge in [-0.15, -0.1) is 11.8 Å². The van der Waals surface area contributed by atoms with Gasteiger partial charge in [-0.25, -0.2) is 4.79 Å². The number of benzene rings is 2. The lowest BCUT2D eigenvalue weighted by Crippen LogP contribution is -2.21. The number of thioether (sulfide) groups is 1. The monoisotopic (exact) mass is 389 g/mol. The van der Waals surface area contributed by atoms with Crippen molar-refractivity contribution < 1.29 is 23.8 Å². The molecule has 0 aliphatic rings.